The van der Waals surface area contributed by atoms with E-state index in [2.05, 4.69) is 29.4 Å². The van der Waals surface area contributed by atoms with Gasteiger partial charge < -0.3 is 11.1 Å². The van der Waals surface area contributed by atoms with Crippen LogP contribution in [-0.2, 0) is 13.2 Å². The maximum Gasteiger partial charge on any atom is 0.416 e. The van der Waals surface area contributed by atoms with E-state index in [-0.39, 0.29) is 16.6 Å². The Morgan fingerprint density at radius 2 is 1.71 bits per heavy atom. The minimum absolute atomic E-state index is 0.103. The summed E-state index contributed by atoms with van der Waals surface area (Å²) in [4.78, 5) is 12.7. The average Bonchev–Trinajstić information content (AvgIpc) is 3.21. The van der Waals surface area contributed by atoms with Gasteiger partial charge in [0.25, 0.3) is 5.91 Å². The number of aryl methyl sites for hydroxylation is 1. The third-order valence-electron chi connectivity index (χ3n) is 6.49. The zero-order valence-corrected chi connectivity index (χ0v) is 23.7. The predicted octanol–water partition coefficient (Wildman–Crippen LogP) is 6.87. The molecule has 0 spiro atoms. The van der Waals surface area contributed by atoms with Crippen molar-refractivity contribution in [1.82, 2.24) is 9.78 Å². The highest BCUT2D eigenvalue weighted by molar-refractivity contribution is 7.80. The summed E-state index contributed by atoms with van der Waals surface area (Å²) in [6, 6.07) is 19.4. The number of halogens is 3. The van der Waals surface area contributed by atoms with Crippen LogP contribution in [0.5, 0.6) is 0 Å². The topological polar surface area (TPSA) is 88.5 Å². The number of alkyl halides is 3. The van der Waals surface area contributed by atoms with Crippen LogP contribution in [0.15, 0.2) is 77.9 Å². The summed E-state index contributed by atoms with van der Waals surface area (Å²) in [5.74, 6) is 0.152. The molecule has 0 atom stereocenters. The summed E-state index contributed by atoms with van der Waals surface area (Å²) in [5.41, 5.74) is 10.1. The molecular weight excluding hydrogens is 549 g/mol. The molecule has 0 saturated carbocycles. The molecule has 0 aliphatic carbocycles. The third-order valence-corrected chi connectivity index (χ3v) is 6.67. The second kappa shape index (κ2) is 11.9. The molecule has 41 heavy (non-hydrogen) atoms. The van der Waals surface area contributed by atoms with Gasteiger partial charge in [-0.1, -0.05) is 56.3 Å². The van der Waals surface area contributed by atoms with Gasteiger partial charge in [0.1, 0.15) is 5.82 Å². The molecule has 11 heteroatoms. The first-order chi connectivity index (χ1) is 19.4. The largest absolute Gasteiger partial charge is 0.416 e. The number of amides is 1. The van der Waals surface area contributed by atoms with Crippen LogP contribution in [0.3, 0.4) is 0 Å². The number of hydrogen-bond donors (Lipinski definition) is 2. The van der Waals surface area contributed by atoms with Crippen molar-refractivity contribution < 1.29 is 18.0 Å². The van der Waals surface area contributed by atoms with Crippen LogP contribution in [0.2, 0.25) is 0 Å². The summed E-state index contributed by atoms with van der Waals surface area (Å²) in [7, 11) is 1.68. The van der Waals surface area contributed by atoms with Crippen molar-refractivity contribution in [2.75, 3.05) is 10.3 Å². The first kappa shape index (κ1) is 29.5. The van der Waals surface area contributed by atoms with Gasteiger partial charge in [-0.3, -0.25) is 9.48 Å². The number of nitrogens with one attached hydrogen (secondary N) is 1. The van der Waals surface area contributed by atoms with Crippen LogP contribution in [0.1, 0.15) is 52.4 Å². The Morgan fingerprint density at radius 3 is 2.29 bits per heavy atom. The predicted molar refractivity (Wildman–Crippen MR) is 160 cm³/mol. The zero-order valence-electron chi connectivity index (χ0n) is 22.9. The maximum atomic E-state index is 12.9. The van der Waals surface area contributed by atoms with Crippen molar-refractivity contribution >= 4 is 41.0 Å². The number of nitrogens with two attached hydrogens (primary N) is 1. The van der Waals surface area contributed by atoms with Gasteiger partial charge >= 0.3 is 6.18 Å². The minimum Gasteiger partial charge on any atom is -0.374 e. The highest BCUT2D eigenvalue weighted by atomic mass is 32.1. The number of carbonyl (C=O) groups excluding carboxylic acids is 1. The van der Waals surface area contributed by atoms with Crippen molar-refractivity contribution in [3.05, 3.63) is 101 Å². The van der Waals surface area contributed by atoms with Crippen LogP contribution in [0.4, 0.5) is 24.7 Å². The number of hydrogen-bond acceptors (Lipinski definition) is 4. The van der Waals surface area contributed by atoms with Gasteiger partial charge in [0, 0.05) is 23.7 Å². The fraction of sp³-hybridized carbons (Fsp3) is 0.200. The summed E-state index contributed by atoms with van der Waals surface area (Å²) in [6.45, 7) is 5.99. The lowest BCUT2D eigenvalue weighted by Crippen LogP contribution is -2.31. The Labute approximate surface area is 241 Å². The Bertz CT molecular complexity index is 1590. The molecule has 3 N–H and O–H groups in total. The normalized spacial score (nSPS) is 11.7. The minimum atomic E-state index is -4.47. The average molecular weight is 579 g/mol. The molecule has 4 aromatic rings. The van der Waals surface area contributed by atoms with Crippen molar-refractivity contribution in [2.45, 2.75) is 32.9 Å². The molecule has 7 nitrogen and oxygen atoms in total. The SMILES string of the molecule is Cc1c(-c2ccc(/C=N/N(C(N)=S)c3ccccc3C(C)C)cc2)nn(C)c1NC(=O)c1ccc(C(F)(F)F)cc1. The van der Waals surface area contributed by atoms with Gasteiger partial charge in [-0.2, -0.15) is 23.4 Å². The maximum absolute atomic E-state index is 12.9. The van der Waals surface area contributed by atoms with E-state index in [4.69, 9.17) is 18.0 Å². The molecule has 0 aliphatic rings. The Kier molecular flexibility index (Phi) is 8.57. The number of carbonyl (C=O) groups is 1. The zero-order chi connectivity index (χ0) is 29.9. The molecule has 0 fully saturated rings. The highest BCUT2D eigenvalue weighted by Crippen LogP contribution is 2.31. The number of anilines is 2. The number of rotatable bonds is 7. The first-order valence-electron chi connectivity index (χ1n) is 12.7. The van der Waals surface area contributed by atoms with Gasteiger partial charge in [-0.05, 0) is 66.5 Å². The molecule has 1 amide bonds. The summed E-state index contributed by atoms with van der Waals surface area (Å²) >= 11 is 5.26. The van der Waals surface area contributed by atoms with E-state index in [1.807, 2.05) is 55.5 Å². The van der Waals surface area contributed by atoms with E-state index in [1.165, 1.54) is 9.69 Å². The van der Waals surface area contributed by atoms with Crippen LogP contribution in [0.25, 0.3) is 11.3 Å². The molecule has 1 aromatic heterocycles. The van der Waals surface area contributed by atoms with E-state index in [0.29, 0.717) is 17.1 Å². The van der Waals surface area contributed by atoms with Crippen LogP contribution in [0, 0.1) is 6.92 Å². The molecule has 1 heterocycles. The fourth-order valence-corrected chi connectivity index (χ4v) is 4.47. The van der Waals surface area contributed by atoms with E-state index < -0.39 is 17.6 Å². The third kappa shape index (κ3) is 6.63. The van der Waals surface area contributed by atoms with Crippen LogP contribution in [-0.4, -0.2) is 27.0 Å². The Hall–Kier alpha value is -4.51. The van der Waals surface area contributed by atoms with Gasteiger partial charge in [-0.25, -0.2) is 5.01 Å². The van der Waals surface area contributed by atoms with E-state index >= 15 is 0 Å². The first-order valence-corrected chi connectivity index (χ1v) is 13.1. The molecule has 0 radical (unpaired) electrons. The lowest BCUT2D eigenvalue weighted by molar-refractivity contribution is -0.137. The Morgan fingerprint density at radius 1 is 1.07 bits per heavy atom. The van der Waals surface area contributed by atoms with Gasteiger partial charge in [0.15, 0.2) is 5.11 Å². The summed E-state index contributed by atoms with van der Waals surface area (Å²) in [6.07, 6.45) is -2.80. The second-order valence-corrected chi connectivity index (χ2v) is 10.1. The highest BCUT2D eigenvalue weighted by Gasteiger charge is 2.30. The van der Waals surface area contributed by atoms with Gasteiger partial charge in [0.2, 0.25) is 0 Å². The van der Waals surface area contributed by atoms with Crippen LogP contribution < -0.4 is 16.1 Å². The molecule has 0 unspecified atom stereocenters. The second-order valence-electron chi connectivity index (χ2n) is 9.71. The number of thiocarbonyl (C=S) groups is 1. The van der Waals surface area contributed by atoms with E-state index in [1.54, 1.807) is 13.3 Å². The van der Waals surface area contributed by atoms with Gasteiger partial charge in [-0.15, -0.1) is 0 Å². The number of hydrazone groups is 1. The molecule has 3 aromatic carbocycles. The quantitative estimate of drug-likeness (QED) is 0.142. The lowest BCUT2D eigenvalue weighted by atomic mass is 10.0. The molecule has 0 bridgehead atoms. The number of aromatic nitrogens is 2. The molecule has 0 aliphatic heterocycles. The summed E-state index contributed by atoms with van der Waals surface area (Å²) in [5, 5.41) is 13.5. The fourth-order valence-electron chi connectivity index (χ4n) is 4.33. The summed E-state index contributed by atoms with van der Waals surface area (Å²) < 4.78 is 40.1. The number of nitrogens with zero attached hydrogens (tertiary/aromatic N) is 4. The van der Waals surface area contributed by atoms with E-state index in [0.717, 1.165) is 46.6 Å². The van der Waals surface area contributed by atoms with Crippen LogP contribution >= 0.6 is 12.2 Å². The van der Waals surface area contributed by atoms with Crippen molar-refractivity contribution in [1.29, 1.82) is 0 Å². The molecule has 4 rings (SSSR count). The number of benzene rings is 3. The standard InChI is InChI=1S/C30H29F3N6OS/c1-18(2)24-7-5-6-8-25(24)39(29(34)41)35-17-20-9-11-21(12-10-20)26-19(3)27(38(4)37-26)36-28(40)22-13-15-23(16-14-22)30(31,32)33/h5-18H,1-4H3,(H2,34,41)(H,36,40)/b35-17+. The lowest BCUT2D eigenvalue weighted by Gasteiger charge is -2.21. The Balaban J connectivity index is 1.52. The molecule has 212 valence electrons. The monoisotopic (exact) mass is 578 g/mol. The van der Waals surface area contributed by atoms with Crippen molar-refractivity contribution in [3.8, 4) is 11.3 Å². The van der Waals surface area contributed by atoms with Crippen molar-refractivity contribution in [2.24, 2.45) is 17.9 Å². The molecular formula is C30H29F3N6OS. The van der Waals surface area contributed by atoms with Gasteiger partial charge in [0.05, 0.1) is 23.2 Å². The van der Waals surface area contributed by atoms with E-state index in [9.17, 15) is 18.0 Å². The number of para-hydroxylation sites is 1. The molecule has 0 saturated heterocycles. The van der Waals surface area contributed by atoms with Crippen molar-refractivity contribution in [3.63, 3.8) is 0 Å². The smallest absolute Gasteiger partial charge is 0.374 e.